The highest BCUT2D eigenvalue weighted by atomic mass is 19.1. The van der Waals surface area contributed by atoms with E-state index in [1.807, 2.05) is 6.07 Å². The summed E-state index contributed by atoms with van der Waals surface area (Å²) in [5.41, 5.74) is 1.16. The molecule has 130 valence electrons. The van der Waals surface area contributed by atoms with E-state index in [1.165, 1.54) is 51.4 Å². The monoisotopic (exact) mass is 320 g/mol. The van der Waals surface area contributed by atoms with Crippen LogP contribution in [0.2, 0.25) is 0 Å². The van der Waals surface area contributed by atoms with E-state index >= 15 is 0 Å². The third-order valence-electron chi connectivity index (χ3n) is 5.23. The highest BCUT2D eigenvalue weighted by Gasteiger charge is 2.22. The van der Waals surface area contributed by atoms with E-state index in [1.54, 1.807) is 6.07 Å². The maximum Gasteiger partial charge on any atom is 0.165 e. The Morgan fingerprint density at radius 1 is 1.00 bits per heavy atom. The Labute approximate surface area is 141 Å². The Morgan fingerprint density at radius 3 is 2.43 bits per heavy atom. The zero-order chi connectivity index (χ0) is 16.5. The summed E-state index contributed by atoms with van der Waals surface area (Å²) in [6.07, 6.45) is 12.3. The molecule has 0 heterocycles. The first-order chi connectivity index (χ1) is 11.2. The second-order valence-corrected chi connectivity index (χ2v) is 7.11. The molecule has 1 aliphatic carbocycles. The van der Waals surface area contributed by atoms with Crippen molar-refractivity contribution in [1.82, 2.24) is 0 Å². The molecule has 0 amide bonds. The van der Waals surface area contributed by atoms with Crippen molar-refractivity contribution in [3.63, 3.8) is 0 Å². The Hall–Kier alpha value is -1.05. The zero-order valence-corrected chi connectivity index (χ0v) is 15.0. The van der Waals surface area contributed by atoms with Crippen molar-refractivity contribution in [1.29, 1.82) is 0 Å². The van der Waals surface area contributed by atoms with Crippen molar-refractivity contribution in [3.8, 4) is 5.75 Å². The SMILES string of the molecule is CCCCCCOc1ccc([C@H]2CC[C@H](CCC)CC2)cc1F. The maximum absolute atomic E-state index is 14.3. The molecule has 0 unspecified atom stereocenters. The van der Waals surface area contributed by atoms with Gasteiger partial charge in [0, 0.05) is 0 Å². The Bertz CT molecular complexity index is 449. The summed E-state index contributed by atoms with van der Waals surface area (Å²) < 4.78 is 19.9. The fourth-order valence-electron chi connectivity index (χ4n) is 3.79. The zero-order valence-electron chi connectivity index (χ0n) is 15.0. The van der Waals surface area contributed by atoms with E-state index in [-0.39, 0.29) is 5.82 Å². The van der Waals surface area contributed by atoms with Gasteiger partial charge >= 0.3 is 0 Å². The molecule has 1 aliphatic rings. The third-order valence-corrected chi connectivity index (χ3v) is 5.23. The smallest absolute Gasteiger partial charge is 0.165 e. The van der Waals surface area contributed by atoms with E-state index in [2.05, 4.69) is 19.9 Å². The fourth-order valence-corrected chi connectivity index (χ4v) is 3.79. The van der Waals surface area contributed by atoms with Gasteiger partial charge in [-0.1, -0.05) is 52.0 Å². The van der Waals surface area contributed by atoms with Crippen LogP contribution in [-0.4, -0.2) is 6.61 Å². The highest BCUT2D eigenvalue weighted by Crippen LogP contribution is 2.38. The van der Waals surface area contributed by atoms with Gasteiger partial charge in [0.1, 0.15) is 0 Å². The van der Waals surface area contributed by atoms with Crippen LogP contribution >= 0.6 is 0 Å². The van der Waals surface area contributed by atoms with Gasteiger partial charge in [0.15, 0.2) is 11.6 Å². The standard InChI is InChI=1S/C21H33FO/c1-3-5-6-7-15-23-21-14-13-19(16-20(21)22)18-11-9-17(8-4-2)10-12-18/h13-14,16-18H,3-12,15H2,1-2H3/t17-,18-. The first-order valence-corrected chi connectivity index (χ1v) is 9.66. The number of unbranched alkanes of at least 4 members (excludes halogenated alkanes) is 3. The van der Waals surface area contributed by atoms with E-state index in [4.69, 9.17) is 4.74 Å². The van der Waals surface area contributed by atoms with Crippen LogP contribution in [0.5, 0.6) is 5.75 Å². The van der Waals surface area contributed by atoms with Crippen LogP contribution in [-0.2, 0) is 0 Å². The first-order valence-electron chi connectivity index (χ1n) is 9.66. The van der Waals surface area contributed by atoms with Crippen LogP contribution in [0, 0.1) is 11.7 Å². The van der Waals surface area contributed by atoms with Crippen LogP contribution in [0.25, 0.3) is 0 Å². The molecule has 0 saturated heterocycles. The molecule has 1 fully saturated rings. The second kappa shape index (κ2) is 9.95. The molecule has 0 radical (unpaired) electrons. The van der Waals surface area contributed by atoms with Crippen LogP contribution < -0.4 is 4.74 Å². The Kier molecular flexibility index (Phi) is 7.91. The lowest BCUT2D eigenvalue weighted by molar-refractivity contribution is 0.288. The largest absolute Gasteiger partial charge is 0.491 e. The van der Waals surface area contributed by atoms with Crippen LogP contribution in [0.3, 0.4) is 0 Å². The average molecular weight is 320 g/mol. The summed E-state index contributed by atoms with van der Waals surface area (Å²) in [6.45, 7) is 5.08. The van der Waals surface area contributed by atoms with E-state index < -0.39 is 0 Å². The minimum Gasteiger partial charge on any atom is -0.491 e. The highest BCUT2D eigenvalue weighted by molar-refractivity contribution is 5.31. The molecule has 0 N–H and O–H groups in total. The molecular formula is C21H33FO. The number of hydrogen-bond donors (Lipinski definition) is 0. The summed E-state index contributed by atoms with van der Waals surface area (Å²) in [5, 5.41) is 0. The average Bonchev–Trinajstić information content (AvgIpc) is 2.57. The topological polar surface area (TPSA) is 9.23 Å². The number of halogens is 1. The van der Waals surface area contributed by atoms with Crippen molar-refractivity contribution in [2.24, 2.45) is 5.92 Å². The van der Waals surface area contributed by atoms with Gasteiger partial charge < -0.3 is 4.74 Å². The van der Waals surface area contributed by atoms with Gasteiger partial charge in [-0.2, -0.15) is 0 Å². The van der Waals surface area contributed by atoms with Gasteiger partial charge in [0.25, 0.3) is 0 Å². The summed E-state index contributed by atoms with van der Waals surface area (Å²) >= 11 is 0. The minimum absolute atomic E-state index is 0.186. The Balaban J connectivity index is 1.82. The summed E-state index contributed by atoms with van der Waals surface area (Å²) in [5.74, 6) is 1.67. The molecule has 0 bridgehead atoms. The molecular weight excluding hydrogens is 287 g/mol. The van der Waals surface area contributed by atoms with Crippen molar-refractivity contribution >= 4 is 0 Å². The summed E-state index contributed by atoms with van der Waals surface area (Å²) in [4.78, 5) is 0. The minimum atomic E-state index is -0.186. The molecule has 0 aromatic heterocycles. The summed E-state index contributed by atoms with van der Waals surface area (Å²) in [7, 11) is 0. The molecule has 1 nitrogen and oxygen atoms in total. The molecule has 23 heavy (non-hydrogen) atoms. The number of ether oxygens (including phenoxy) is 1. The molecule has 1 aromatic rings. The first kappa shape index (κ1) is 18.3. The molecule has 1 aromatic carbocycles. The van der Waals surface area contributed by atoms with Gasteiger partial charge in [-0.3, -0.25) is 0 Å². The van der Waals surface area contributed by atoms with Gasteiger partial charge in [-0.25, -0.2) is 4.39 Å². The molecule has 1 saturated carbocycles. The van der Waals surface area contributed by atoms with Crippen molar-refractivity contribution in [3.05, 3.63) is 29.6 Å². The lowest BCUT2D eigenvalue weighted by Gasteiger charge is -2.28. The molecule has 0 aliphatic heterocycles. The third kappa shape index (κ3) is 5.82. The molecule has 0 spiro atoms. The van der Waals surface area contributed by atoms with Crippen LogP contribution in [0.15, 0.2) is 18.2 Å². The predicted octanol–water partition coefficient (Wildman–Crippen LogP) is 6.86. The lowest BCUT2D eigenvalue weighted by atomic mass is 9.77. The van der Waals surface area contributed by atoms with Crippen LogP contribution in [0.1, 0.15) is 89.5 Å². The molecule has 2 rings (SSSR count). The van der Waals surface area contributed by atoms with Gasteiger partial charge in [-0.05, 0) is 61.6 Å². The van der Waals surface area contributed by atoms with E-state index in [9.17, 15) is 4.39 Å². The van der Waals surface area contributed by atoms with Crippen molar-refractivity contribution < 1.29 is 9.13 Å². The summed E-state index contributed by atoms with van der Waals surface area (Å²) in [6, 6.07) is 5.63. The fraction of sp³-hybridized carbons (Fsp3) is 0.714. The Morgan fingerprint density at radius 2 is 1.78 bits per heavy atom. The van der Waals surface area contributed by atoms with Gasteiger partial charge in [-0.15, -0.1) is 0 Å². The van der Waals surface area contributed by atoms with Gasteiger partial charge in [0.2, 0.25) is 0 Å². The quantitative estimate of drug-likeness (QED) is 0.452. The van der Waals surface area contributed by atoms with Crippen LogP contribution in [0.4, 0.5) is 4.39 Å². The van der Waals surface area contributed by atoms with Gasteiger partial charge in [0.05, 0.1) is 6.61 Å². The van der Waals surface area contributed by atoms with Crippen molar-refractivity contribution in [2.75, 3.05) is 6.61 Å². The number of hydrogen-bond acceptors (Lipinski definition) is 1. The van der Waals surface area contributed by atoms with Crippen molar-refractivity contribution in [2.45, 2.75) is 84.0 Å². The maximum atomic E-state index is 14.3. The number of benzene rings is 1. The van der Waals surface area contributed by atoms with E-state index in [0.29, 0.717) is 18.3 Å². The normalized spacial score (nSPS) is 21.3. The lowest BCUT2D eigenvalue weighted by Crippen LogP contribution is -2.13. The predicted molar refractivity (Wildman–Crippen MR) is 95.6 cm³/mol. The molecule has 0 atom stereocenters. The molecule has 2 heteroatoms. The second-order valence-electron chi connectivity index (χ2n) is 7.11. The number of rotatable bonds is 9. The van der Waals surface area contributed by atoms with E-state index in [0.717, 1.165) is 24.3 Å².